The first kappa shape index (κ1) is 29.0. The van der Waals surface area contributed by atoms with Crippen LogP contribution in [0.2, 0.25) is 0 Å². The van der Waals surface area contributed by atoms with Gasteiger partial charge in [0.25, 0.3) is 11.8 Å². The van der Waals surface area contributed by atoms with Crippen LogP contribution in [0.15, 0.2) is 106 Å². The van der Waals surface area contributed by atoms with Crippen LogP contribution in [-0.4, -0.2) is 37.2 Å². The molecule has 0 bridgehead atoms. The normalized spacial score (nSPS) is 11.7. The second kappa shape index (κ2) is 13.9. The van der Waals surface area contributed by atoms with E-state index in [1.54, 1.807) is 99.0 Å². The van der Waals surface area contributed by atoms with Gasteiger partial charge >= 0.3 is 0 Å². The maximum absolute atomic E-state index is 13.1. The van der Waals surface area contributed by atoms with Crippen LogP contribution in [0.3, 0.4) is 0 Å². The Kier molecular flexibility index (Phi) is 9.85. The number of thioether (sulfide) groups is 1. The second-order valence-electron chi connectivity index (χ2n) is 8.69. The van der Waals surface area contributed by atoms with Crippen molar-refractivity contribution in [1.82, 2.24) is 5.32 Å². The molecule has 0 saturated carbocycles. The zero-order valence-electron chi connectivity index (χ0n) is 22.7. The third-order valence-electron chi connectivity index (χ3n) is 5.82. The number of rotatable bonds is 11. The van der Waals surface area contributed by atoms with Gasteiger partial charge in [-0.05, 0) is 67.6 Å². The number of nitrogens with one attached hydrogen (secondary N) is 3. The smallest absolute Gasteiger partial charge is 0.272 e. The molecule has 1 aromatic heterocycles. The third-order valence-corrected chi connectivity index (χ3v) is 6.93. The van der Waals surface area contributed by atoms with Crippen LogP contribution in [0.1, 0.15) is 23.0 Å². The summed E-state index contributed by atoms with van der Waals surface area (Å²) in [6, 6.07) is 24.2. The lowest BCUT2D eigenvalue weighted by Gasteiger charge is -2.15. The summed E-state index contributed by atoms with van der Waals surface area (Å²) in [6.45, 7) is 1.80. The van der Waals surface area contributed by atoms with E-state index in [-0.39, 0.29) is 11.6 Å². The van der Waals surface area contributed by atoms with E-state index in [0.717, 1.165) is 4.90 Å². The van der Waals surface area contributed by atoms with Gasteiger partial charge in [-0.1, -0.05) is 18.2 Å². The molecule has 0 aliphatic heterocycles. The summed E-state index contributed by atoms with van der Waals surface area (Å²) in [6.07, 6.45) is 2.93. The Bertz CT molecular complexity index is 1520. The molecule has 10 heteroatoms. The summed E-state index contributed by atoms with van der Waals surface area (Å²) in [7, 11) is 3.08. The molecule has 3 N–H and O–H groups in total. The molecule has 4 rings (SSSR count). The molecule has 1 heterocycles. The molecule has 0 radical (unpaired) electrons. The molecule has 0 aliphatic carbocycles. The summed E-state index contributed by atoms with van der Waals surface area (Å²) >= 11 is 1.36. The van der Waals surface area contributed by atoms with Gasteiger partial charge in [0.1, 0.15) is 23.0 Å². The first-order chi connectivity index (χ1) is 19.9. The molecule has 0 saturated heterocycles. The second-order valence-corrected chi connectivity index (χ2v) is 10.1. The number of furan rings is 1. The number of amides is 3. The average molecular weight is 572 g/mol. The van der Waals surface area contributed by atoms with E-state index >= 15 is 0 Å². The van der Waals surface area contributed by atoms with E-state index in [2.05, 4.69) is 16.0 Å². The highest BCUT2D eigenvalue weighted by Gasteiger charge is 2.18. The lowest BCUT2D eigenvalue weighted by atomic mass is 10.2. The standard InChI is InChI=1S/C31H29N3O6S/c1-20(29(35)33-26-18-23(38-2)13-16-28(26)39-3)41-25-14-11-22(12-15-25)32-31(37)27(19-24-10-7-17-40-24)34-30(36)21-8-5-4-6-9-21/h4-20H,1-3H3,(H,32,37)(H,33,35)(H,34,36)/b27-19-. The predicted molar refractivity (Wildman–Crippen MR) is 159 cm³/mol. The summed E-state index contributed by atoms with van der Waals surface area (Å²) in [5.74, 6) is 0.378. The van der Waals surface area contributed by atoms with Crippen molar-refractivity contribution >= 4 is 46.9 Å². The van der Waals surface area contributed by atoms with Crippen molar-refractivity contribution in [1.29, 1.82) is 0 Å². The molecule has 1 unspecified atom stereocenters. The Balaban J connectivity index is 1.40. The van der Waals surface area contributed by atoms with Crippen molar-refractivity contribution in [2.24, 2.45) is 0 Å². The lowest BCUT2D eigenvalue weighted by molar-refractivity contribution is -0.115. The number of ether oxygens (including phenoxy) is 2. The number of anilines is 2. The first-order valence-corrected chi connectivity index (χ1v) is 13.5. The predicted octanol–water partition coefficient (Wildman–Crippen LogP) is 5.83. The van der Waals surface area contributed by atoms with E-state index in [1.165, 1.54) is 31.2 Å². The van der Waals surface area contributed by atoms with Crippen LogP contribution in [-0.2, 0) is 9.59 Å². The topological polar surface area (TPSA) is 119 Å². The fourth-order valence-electron chi connectivity index (χ4n) is 3.68. The zero-order chi connectivity index (χ0) is 29.2. The SMILES string of the molecule is COc1ccc(OC)c(NC(=O)C(C)Sc2ccc(NC(=O)/C(=C/c3ccco3)NC(=O)c3ccccc3)cc2)c1. The fourth-order valence-corrected chi connectivity index (χ4v) is 4.54. The first-order valence-electron chi connectivity index (χ1n) is 12.6. The molecular formula is C31H29N3O6S. The van der Waals surface area contributed by atoms with E-state index in [0.29, 0.717) is 34.2 Å². The number of hydrogen-bond acceptors (Lipinski definition) is 7. The highest BCUT2D eigenvalue weighted by molar-refractivity contribution is 8.00. The van der Waals surface area contributed by atoms with Gasteiger partial charge in [-0.3, -0.25) is 14.4 Å². The molecule has 210 valence electrons. The highest BCUT2D eigenvalue weighted by atomic mass is 32.2. The molecule has 3 amide bonds. The summed E-state index contributed by atoms with van der Waals surface area (Å²) in [4.78, 5) is 39.5. The Morgan fingerprint density at radius 2 is 1.63 bits per heavy atom. The molecule has 3 aromatic carbocycles. The molecule has 4 aromatic rings. The highest BCUT2D eigenvalue weighted by Crippen LogP contribution is 2.31. The van der Waals surface area contributed by atoms with Gasteiger partial charge in [-0.25, -0.2) is 0 Å². The van der Waals surface area contributed by atoms with Crippen LogP contribution in [0.25, 0.3) is 6.08 Å². The summed E-state index contributed by atoms with van der Waals surface area (Å²) < 4.78 is 15.9. The number of methoxy groups -OCH3 is 2. The maximum atomic E-state index is 13.1. The molecule has 1 atom stereocenters. The van der Waals surface area contributed by atoms with Crippen molar-refractivity contribution in [3.63, 3.8) is 0 Å². The van der Waals surface area contributed by atoms with Gasteiger partial charge in [0, 0.05) is 28.3 Å². The van der Waals surface area contributed by atoms with Gasteiger partial charge in [0.15, 0.2) is 0 Å². The van der Waals surface area contributed by atoms with Crippen molar-refractivity contribution in [3.05, 3.63) is 108 Å². The van der Waals surface area contributed by atoms with Crippen molar-refractivity contribution in [2.75, 3.05) is 24.9 Å². The number of hydrogen-bond donors (Lipinski definition) is 3. The molecule has 0 aliphatic rings. The average Bonchev–Trinajstić information content (AvgIpc) is 3.51. The lowest BCUT2D eigenvalue weighted by Crippen LogP contribution is -2.30. The number of benzene rings is 3. The molecular weight excluding hydrogens is 542 g/mol. The minimum Gasteiger partial charge on any atom is -0.497 e. The minimum atomic E-state index is -0.522. The van der Waals surface area contributed by atoms with Crippen LogP contribution >= 0.6 is 11.8 Å². The number of carbonyl (C=O) groups is 3. The molecule has 0 fully saturated rings. The van der Waals surface area contributed by atoms with E-state index in [9.17, 15) is 14.4 Å². The third kappa shape index (κ3) is 8.02. The zero-order valence-corrected chi connectivity index (χ0v) is 23.5. The quantitative estimate of drug-likeness (QED) is 0.153. The fraction of sp³-hybridized carbons (Fsp3) is 0.129. The Hall–Kier alpha value is -4.96. The Morgan fingerprint density at radius 1 is 0.878 bits per heavy atom. The van der Waals surface area contributed by atoms with Crippen molar-refractivity contribution in [2.45, 2.75) is 17.1 Å². The van der Waals surface area contributed by atoms with Crippen molar-refractivity contribution < 1.29 is 28.3 Å². The minimum absolute atomic E-state index is 0.0190. The monoisotopic (exact) mass is 571 g/mol. The maximum Gasteiger partial charge on any atom is 0.272 e. The Morgan fingerprint density at radius 3 is 2.29 bits per heavy atom. The largest absolute Gasteiger partial charge is 0.497 e. The summed E-state index contributed by atoms with van der Waals surface area (Å²) in [5.41, 5.74) is 1.46. The van der Waals surface area contributed by atoms with Gasteiger partial charge in [0.05, 0.1) is 31.4 Å². The van der Waals surface area contributed by atoms with Gasteiger partial charge in [-0.2, -0.15) is 0 Å². The van der Waals surface area contributed by atoms with Gasteiger partial charge in [0.2, 0.25) is 5.91 Å². The van der Waals surface area contributed by atoms with Crippen molar-refractivity contribution in [3.8, 4) is 11.5 Å². The van der Waals surface area contributed by atoms with Crippen LogP contribution in [0, 0.1) is 0 Å². The Labute approximate surface area is 241 Å². The van der Waals surface area contributed by atoms with E-state index in [1.807, 2.05) is 0 Å². The van der Waals surface area contributed by atoms with Crippen LogP contribution in [0.5, 0.6) is 11.5 Å². The van der Waals surface area contributed by atoms with E-state index in [4.69, 9.17) is 13.9 Å². The van der Waals surface area contributed by atoms with Gasteiger partial charge in [-0.15, -0.1) is 11.8 Å². The molecule has 41 heavy (non-hydrogen) atoms. The number of carbonyl (C=O) groups excluding carboxylic acids is 3. The molecule has 0 spiro atoms. The van der Waals surface area contributed by atoms with Gasteiger partial charge < -0.3 is 29.8 Å². The van der Waals surface area contributed by atoms with Crippen LogP contribution in [0.4, 0.5) is 11.4 Å². The molecule has 9 nitrogen and oxygen atoms in total. The van der Waals surface area contributed by atoms with Crippen LogP contribution < -0.4 is 25.4 Å². The van der Waals surface area contributed by atoms with E-state index < -0.39 is 17.1 Å². The summed E-state index contributed by atoms with van der Waals surface area (Å²) in [5, 5.41) is 7.91.